The molecular weight excluding hydrogens is 248 g/mol. The van der Waals surface area contributed by atoms with Crippen LogP contribution in [0.5, 0.6) is 0 Å². The van der Waals surface area contributed by atoms with Gasteiger partial charge in [-0.2, -0.15) is 15.0 Å². The Bertz CT molecular complexity index is 479. The highest BCUT2D eigenvalue weighted by atomic mass is 35.5. The summed E-state index contributed by atoms with van der Waals surface area (Å²) >= 11 is 6.96. The third-order valence-corrected chi connectivity index (χ3v) is 2.46. The first-order valence-electron chi connectivity index (χ1n) is 4.32. The number of halogens is 1. The van der Waals surface area contributed by atoms with Crippen molar-refractivity contribution in [2.24, 2.45) is 0 Å². The predicted molar refractivity (Wildman–Crippen MR) is 60.5 cm³/mol. The van der Waals surface area contributed by atoms with Gasteiger partial charge in [0, 0.05) is 19.4 Å². The zero-order valence-corrected chi connectivity index (χ0v) is 9.83. The Kier molecular flexibility index (Phi) is 3.47. The molecule has 0 atom stereocenters. The lowest BCUT2D eigenvalue weighted by atomic mass is 10.7. The lowest BCUT2D eigenvalue weighted by Gasteiger charge is -2.01. The highest BCUT2D eigenvalue weighted by molar-refractivity contribution is 7.99. The number of anilines is 1. The van der Waals surface area contributed by atoms with Gasteiger partial charge in [0.1, 0.15) is 0 Å². The number of nitrogens with one attached hydrogen (secondary N) is 1. The average Bonchev–Trinajstić information content (AvgIpc) is 2.29. The van der Waals surface area contributed by atoms with Crippen molar-refractivity contribution in [2.45, 2.75) is 10.3 Å². The Morgan fingerprint density at radius 2 is 1.88 bits per heavy atom. The predicted octanol–water partition coefficient (Wildman–Crippen LogP) is 1.51. The van der Waals surface area contributed by atoms with Gasteiger partial charge in [-0.3, -0.25) is 0 Å². The molecule has 1 N–H and O–H groups in total. The molecule has 82 valence electrons. The van der Waals surface area contributed by atoms with E-state index in [2.05, 4.69) is 30.2 Å². The van der Waals surface area contributed by atoms with Gasteiger partial charge in [0.15, 0.2) is 5.16 Å². The van der Waals surface area contributed by atoms with E-state index in [0.717, 1.165) is 0 Å². The van der Waals surface area contributed by atoms with Crippen molar-refractivity contribution in [2.75, 3.05) is 12.4 Å². The maximum atomic E-state index is 5.74. The van der Waals surface area contributed by atoms with Crippen molar-refractivity contribution in [3.8, 4) is 0 Å². The van der Waals surface area contributed by atoms with Crippen LogP contribution in [0.1, 0.15) is 0 Å². The fraction of sp³-hybridized carbons (Fsp3) is 0.125. The minimum Gasteiger partial charge on any atom is -0.357 e. The van der Waals surface area contributed by atoms with Crippen molar-refractivity contribution < 1.29 is 0 Å². The second-order valence-corrected chi connectivity index (χ2v) is 3.87. The Morgan fingerprint density at radius 3 is 2.56 bits per heavy atom. The van der Waals surface area contributed by atoms with Gasteiger partial charge < -0.3 is 5.32 Å². The molecule has 2 rings (SSSR count). The number of hydrogen-bond donors (Lipinski definition) is 1. The minimum absolute atomic E-state index is 0.137. The maximum absolute atomic E-state index is 5.74. The monoisotopic (exact) mass is 254 g/mol. The Labute approximate surface area is 101 Å². The van der Waals surface area contributed by atoms with Crippen LogP contribution in [0, 0.1) is 0 Å². The third-order valence-electron chi connectivity index (χ3n) is 1.54. The van der Waals surface area contributed by atoms with Gasteiger partial charge in [-0.25, -0.2) is 9.97 Å². The molecule has 0 spiro atoms. The molecule has 2 aromatic heterocycles. The lowest BCUT2D eigenvalue weighted by molar-refractivity contribution is 0.892. The van der Waals surface area contributed by atoms with E-state index in [1.807, 2.05) is 0 Å². The van der Waals surface area contributed by atoms with Gasteiger partial charge in [0.05, 0.1) is 0 Å². The summed E-state index contributed by atoms with van der Waals surface area (Å²) in [6.07, 6.45) is 3.30. The largest absolute Gasteiger partial charge is 0.357 e. The van der Waals surface area contributed by atoms with Crippen LogP contribution in [0.15, 0.2) is 28.8 Å². The molecule has 2 heterocycles. The van der Waals surface area contributed by atoms with Crippen LogP contribution >= 0.6 is 23.4 Å². The summed E-state index contributed by atoms with van der Waals surface area (Å²) in [5, 5.41) is 3.95. The van der Waals surface area contributed by atoms with Crippen LogP contribution in [0.3, 0.4) is 0 Å². The van der Waals surface area contributed by atoms with Gasteiger partial charge in [0.2, 0.25) is 16.4 Å². The zero-order chi connectivity index (χ0) is 11.4. The van der Waals surface area contributed by atoms with Crippen LogP contribution in [0.25, 0.3) is 0 Å². The van der Waals surface area contributed by atoms with Gasteiger partial charge in [-0.1, -0.05) is 0 Å². The average molecular weight is 255 g/mol. The van der Waals surface area contributed by atoms with Crippen molar-refractivity contribution in [1.29, 1.82) is 0 Å². The van der Waals surface area contributed by atoms with E-state index in [4.69, 9.17) is 11.6 Å². The molecule has 2 aromatic rings. The summed E-state index contributed by atoms with van der Waals surface area (Å²) < 4.78 is 0. The molecule has 0 aromatic carbocycles. The number of aromatic nitrogens is 5. The van der Waals surface area contributed by atoms with Crippen LogP contribution in [0.2, 0.25) is 5.28 Å². The molecule has 8 heteroatoms. The molecule has 0 aliphatic heterocycles. The van der Waals surface area contributed by atoms with Crippen molar-refractivity contribution >= 4 is 29.3 Å². The van der Waals surface area contributed by atoms with Gasteiger partial charge in [-0.15, -0.1) is 0 Å². The normalized spacial score (nSPS) is 10.1. The van der Waals surface area contributed by atoms with Crippen LogP contribution in [0.4, 0.5) is 5.95 Å². The molecule has 0 bridgehead atoms. The molecule has 16 heavy (non-hydrogen) atoms. The van der Waals surface area contributed by atoms with Crippen molar-refractivity contribution in [3.05, 3.63) is 23.7 Å². The van der Waals surface area contributed by atoms with E-state index in [-0.39, 0.29) is 5.28 Å². The SMILES string of the molecule is CNc1nc(Cl)nc(Sc2ncccn2)n1. The highest BCUT2D eigenvalue weighted by Gasteiger charge is 2.06. The van der Waals surface area contributed by atoms with E-state index >= 15 is 0 Å². The minimum atomic E-state index is 0.137. The van der Waals surface area contributed by atoms with E-state index in [0.29, 0.717) is 16.3 Å². The second kappa shape index (κ2) is 5.04. The molecule has 0 radical (unpaired) electrons. The zero-order valence-electron chi connectivity index (χ0n) is 8.25. The third kappa shape index (κ3) is 2.77. The Morgan fingerprint density at radius 1 is 1.12 bits per heavy atom. The highest BCUT2D eigenvalue weighted by Crippen LogP contribution is 2.21. The number of nitrogens with zero attached hydrogens (tertiary/aromatic N) is 5. The Hall–Kier alpha value is -1.47. The summed E-state index contributed by atoms with van der Waals surface area (Å²) in [5.41, 5.74) is 0. The molecule has 6 nitrogen and oxygen atoms in total. The smallest absolute Gasteiger partial charge is 0.228 e. The fourth-order valence-corrected chi connectivity index (χ4v) is 1.77. The van der Waals surface area contributed by atoms with Gasteiger partial charge in [-0.05, 0) is 29.4 Å². The lowest BCUT2D eigenvalue weighted by Crippen LogP contribution is -2.00. The number of hydrogen-bond acceptors (Lipinski definition) is 7. The molecule has 0 saturated carbocycles. The Balaban J connectivity index is 2.24. The van der Waals surface area contributed by atoms with Crippen LogP contribution in [-0.4, -0.2) is 32.0 Å². The molecule has 0 aliphatic carbocycles. The molecule has 0 fully saturated rings. The second-order valence-electron chi connectivity index (χ2n) is 2.59. The fourth-order valence-electron chi connectivity index (χ4n) is 0.909. The summed E-state index contributed by atoms with van der Waals surface area (Å²) in [6, 6.07) is 1.74. The van der Waals surface area contributed by atoms with Crippen molar-refractivity contribution in [1.82, 2.24) is 24.9 Å². The van der Waals surface area contributed by atoms with Crippen LogP contribution in [-0.2, 0) is 0 Å². The van der Waals surface area contributed by atoms with Gasteiger partial charge in [0.25, 0.3) is 0 Å². The standard InChI is InChI=1S/C8H7ClN6S/c1-10-6-13-5(9)14-8(15-6)16-7-11-3-2-4-12-7/h2-4H,1H3,(H,10,13,14,15). The first-order chi connectivity index (χ1) is 7.78. The van der Waals surface area contributed by atoms with E-state index < -0.39 is 0 Å². The van der Waals surface area contributed by atoms with Crippen molar-refractivity contribution in [3.63, 3.8) is 0 Å². The summed E-state index contributed by atoms with van der Waals surface area (Å²) in [6.45, 7) is 0. The van der Waals surface area contributed by atoms with E-state index in [1.165, 1.54) is 11.8 Å². The molecule has 0 aliphatic rings. The molecule has 0 amide bonds. The quantitative estimate of drug-likeness (QED) is 0.832. The first kappa shape index (κ1) is 11.0. The summed E-state index contributed by atoms with van der Waals surface area (Å²) in [5.74, 6) is 0.415. The molecule has 0 saturated heterocycles. The molecule has 0 unspecified atom stereocenters. The summed E-state index contributed by atoms with van der Waals surface area (Å²) in [7, 11) is 1.71. The summed E-state index contributed by atoms with van der Waals surface area (Å²) in [4.78, 5) is 20.0. The van der Waals surface area contributed by atoms with Gasteiger partial charge >= 0.3 is 0 Å². The van der Waals surface area contributed by atoms with Crippen LogP contribution < -0.4 is 5.32 Å². The topological polar surface area (TPSA) is 76.5 Å². The number of rotatable bonds is 3. The van der Waals surface area contributed by atoms with E-state index in [9.17, 15) is 0 Å². The molecular formula is C8H7ClN6S. The maximum Gasteiger partial charge on any atom is 0.228 e. The first-order valence-corrected chi connectivity index (χ1v) is 5.51. The van der Waals surface area contributed by atoms with E-state index in [1.54, 1.807) is 25.5 Å².